The number of nitrogens with two attached hydrogens (primary N) is 1. The van der Waals surface area contributed by atoms with E-state index in [1.54, 1.807) is 0 Å². The highest BCUT2D eigenvalue weighted by Crippen LogP contribution is 2.08. The Morgan fingerprint density at radius 3 is 2.50 bits per heavy atom. The molecule has 1 heterocycles. The van der Waals surface area contributed by atoms with Gasteiger partial charge < -0.3 is 5.73 Å². The molecule has 1 aromatic heterocycles. The third kappa shape index (κ3) is 1.57. The molecule has 0 atom stereocenters. The van der Waals surface area contributed by atoms with Crippen LogP contribution in [0.5, 0.6) is 0 Å². The molecule has 0 bridgehead atoms. The van der Waals surface area contributed by atoms with Crippen LogP contribution in [0.15, 0.2) is 24.5 Å². The first-order valence-electron chi connectivity index (χ1n) is 3.19. The predicted molar refractivity (Wildman–Crippen MR) is 42.4 cm³/mol. The fourth-order valence-electron chi connectivity index (χ4n) is 0.745. The first-order chi connectivity index (χ1) is 5.75. The van der Waals surface area contributed by atoms with Crippen molar-refractivity contribution in [1.29, 1.82) is 0 Å². The van der Waals surface area contributed by atoms with Gasteiger partial charge >= 0.3 is 6.03 Å². The molecule has 3 amide bonds. The van der Waals surface area contributed by atoms with Gasteiger partial charge in [-0.1, -0.05) is 0 Å². The molecule has 0 spiro atoms. The molecule has 0 fully saturated rings. The van der Waals surface area contributed by atoms with Crippen LogP contribution in [0.1, 0.15) is 0 Å². The molecule has 0 aliphatic heterocycles. The summed E-state index contributed by atoms with van der Waals surface area (Å²) in [6.45, 7) is 0. The number of hydrogen-bond donors (Lipinski definition) is 1. The van der Waals surface area contributed by atoms with Crippen molar-refractivity contribution in [2.45, 2.75) is 0 Å². The molecule has 5 heteroatoms. The minimum Gasteiger partial charge on any atom is -0.351 e. The normalized spacial score (nSPS) is 9.00. The lowest BCUT2D eigenvalue weighted by Crippen LogP contribution is -2.34. The maximum Gasteiger partial charge on any atom is 0.325 e. The Labute approximate surface area is 68.8 Å². The summed E-state index contributed by atoms with van der Waals surface area (Å²) in [4.78, 5) is 25.5. The van der Waals surface area contributed by atoms with E-state index in [0.29, 0.717) is 12.1 Å². The Balaban J connectivity index is 2.95. The highest BCUT2D eigenvalue weighted by Gasteiger charge is 2.09. The van der Waals surface area contributed by atoms with Crippen molar-refractivity contribution in [2.24, 2.45) is 5.73 Å². The highest BCUT2D eigenvalue weighted by molar-refractivity contribution is 6.04. The first-order valence-corrected chi connectivity index (χ1v) is 3.19. The lowest BCUT2D eigenvalue weighted by atomic mass is 10.4. The van der Waals surface area contributed by atoms with Gasteiger partial charge in [-0.3, -0.25) is 9.78 Å². The Hall–Kier alpha value is -1.91. The Morgan fingerprint density at radius 2 is 2.08 bits per heavy atom. The molecule has 0 aliphatic carbocycles. The average Bonchev–Trinajstić information content (AvgIpc) is 2.07. The second-order valence-corrected chi connectivity index (χ2v) is 2.02. The monoisotopic (exact) mass is 165 g/mol. The molecule has 1 aromatic rings. The number of rotatable bonds is 2. The maximum atomic E-state index is 10.6. The number of pyridine rings is 1. The van der Waals surface area contributed by atoms with E-state index >= 15 is 0 Å². The minimum absolute atomic E-state index is 0.359. The summed E-state index contributed by atoms with van der Waals surface area (Å²) < 4.78 is 0. The smallest absolute Gasteiger partial charge is 0.325 e. The van der Waals surface area contributed by atoms with Gasteiger partial charge in [-0.2, -0.15) is 0 Å². The van der Waals surface area contributed by atoms with E-state index in [-0.39, 0.29) is 0 Å². The number of carbonyl (C=O) groups is 2. The van der Waals surface area contributed by atoms with Crippen molar-refractivity contribution in [3.63, 3.8) is 0 Å². The van der Waals surface area contributed by atoms with Gasteiger partial charge in [-0.25, -0.2) is 9.69 Å². The first kappa shape index (κ1) is 8.19. The Morgan fingerprint density at radius 1 is 1.50 bits per heavy atom. The van der Waals surface area contributed by atoms with Gasteiger partial charge in [0.25, 0.3) is 0 Å². The zero-order chi connectivity index (χ0) is 8.97. The molecule has 2 N–H and O–H groups in total. The van der Waals surface area contributed by atoms with Crippen LogP contribution in [-0.2, 0) is 4.79 Å². The average molecular weight is 165 g/mol. The number of urea groups is 1. The highest BCUT2D eigenvalue weighted by atomic mass is 16.2. The number of primary amides is 1. The number of hydrogen-bond acceptors (Lipinski definition) is 3. The van der Waals surface area contributed by atoms with Crippen molar-refractivity contribution in [1.82, 2.24) is 4.98 Å². The van der Waals surface area contributed by atoms with Gasteiger partial charge in [-0.05, 0) is 12.1 Å². The van der Waals surface area contributed by atoms with Crippen LogP contribution < -0.4 is 10.6 Å². The van der Waals surface area contributed by atoms with Crippen molar-refractivity contribution >= 4 is 18.1 Å². The van der Waals surface area contributed by atoms with Gasteiger partial charge in [0.15, 0.2) is 0 Å². The van der Waals surface area contributed by atoms with Gasteiger partial charge in [-0.15, -0.1) is 0 Å². The van der Waals surface area contributed by atoms with Crippen molar-refractivity contribution < 1.29 is 9.59 Å². The van der Waals surface area contributed by atoms with Crippen LogP contribution in [0, 0.1) is 0 Å². The summed E-state index contributed by atoms with van der Waals surface area (Å²) in [6, 6.07) is 2.22. The van der Waals surface area contributed by atoms with E-state index in [1.165, 1.54) is 24.5 Å². The predicted octanol–water partition coefficient (Wildman–Crippen LogP) is 0.123. The van der Waals surface area contributed by atoms with Crippen molar-refractivity contribution in [3.8, 4) is 0 Å². The molecule has 5 nitrogen and oxygen atoms in total. The molecule has 62 valence electrons. The molecule has 0 aromatic carbocycles. The second kappa shape index (κ2) is 3.47. The van der Waals surface area contributed by atoms with Crippen molar-refractivity contribution in [2.75, 3.05) is 4.90 Å². The van der Waals surface area contributed by atoms with Crippen LogP contribution in [0.25, 0.3) is 0 Å². The van der Waals surface area contributed by atoms with Crippen LogP contribution >= 0.6 is 0 Å². The standard InChI is InChI=1S/C7H7N3O2/c8-7(12)10(5-11)6-1-3-9-4-2-6/h1-5H,(H2,8,12). The summed E-state index contributed by atoms with van der Waals surface area (Å²) in [5, 5.41) is 0. The zero-order valence-electron chi connectivity index (χ0n) is 6.18. The number of nitrogens with zero attached hydrogens (tertiary/aromatic N) is 2. The number of aromatic nitrogens is 1. The fraction of sp³-hybridized carbons (Fsp3) is 0. The van der Waals surface area contributed by atoms with Gasteiger partial charge in [0.2, 0.25) is 6.41 Å². The SMILES string of the molecule is NC(=O)N(C=O)c1ccncc1. The molecule has 0 saturated carbocycles. The minimum atomic E-state index is -0.809. The molecule has 1 rings (SSSR count). The Kier molecular flexibility index (Phi) is 2.37. The van der Waals surface area contributed by atoms with E-state index in [9.17, 15) is 9.59 Å². The molecule has 0 unspecified atom stereocenters. The molecule has 0 radical (unpaired) electrons. The van der Waals surface area contributed by atoms with E-state index in [4.69, 9.17) is 5.73 Å². The second-order valence-electron chi connectivity index (χ2n) is 2.02. The largest absolute Gasteiger partial charge is 0.351 e. The summed E-state index contributed by atoms with van der Waals surface area (Å²) in [7, 11) is 0. The summed E-state index contributed by atoms with van der Waals surface area (Å²) in [5.74, 6) is 0. The molecule has 12 heavy (non-hydrogen) atoms. The van der Waals surface area contributed by atoms with Crippen LogP contribution in [0.3, 0.4) is 0 Å². The van der Waals surface area contributed by atoms with E-state index in [1.807, 2.05) is 0 Å². The van der Waals surface area contributed by atoms with Crippen LogP contribution in [-0.4, -0.2) is 17.4 Å². The zero-order valence-corrected chi connectivity index (χ0v) is 6.18. The fourth-order valence-corrected chi connectivity index (χ4v) is 0.745. The number of anilines is 1. The summed E-state index contributed by atoms with van der Waals surface area (Å²) in [5.41, 5.74) is 5.32. The number of amides is 3. The maximum absolute atomic E-state index is 10.6. The van der Waals surface area contributed by atoms with Crippen LogP contribution in [0.2, 0.25) is 0 Å². The third-order valence-electron chi connectivity index (χ3n) is 1.28. The lowest BCUT2D eigenvalue weighted by molar-refractivity contribution is -0.106. The molecular formula is C7H7N3O2. The number of imide groups is 1. The lowest BCUT2D eigenvalue weighted by Gasteiger charge is -2.10. The third-order valence-corrected chi connectivity index (χ3v) is 1.28. The van der Waals surface area contributed by atoms with Gasteiger partial charge in [0, 0.05) is 12.4 Å². The van der Waals surface area contributed by atoms with Gasteiger partial charge in [0.05, 0.1) is 5.69 Å². The van der Waals surface area contributed by atoms with Gasteiger partial charge in [0.1, 0.15) is 0 Å². The van der Waals surface area contributed by atoms with Crippen LogP contribution in [0.4, 0.5) is 10.5 Å². The van der Waals surface area contributed by atoms with E-state index < -0.39 is 6.03 Å². The van der Waals surface area contributed by atoms with E-state index in [2.05, 4.69) is 4.98 Å². The quantitative estimate of drug-likeness (QED) is 0.632. The molecule has 0 saturated heterocycles. The molecule has 0 aliphatic rings. The Bertz CT molecular complexity index is 286. The summed E-state index contributed by atoms with van der Waals surface area (Å²) in [6.07, 6.45) is 3.29. The number of carbonyl (C=O) groups excluding carboxylic acids is 2. The summed E-state index contributed by atoms with van der Waals surface area (Å²) >= 11 is 0. The van der Waals surface area contributed by atoms with Crippen molar-refractivity contribution in [3.05, 3.63) is 24.5 Å². The topological polar surface area (TPSA) is 76.3 Å². The molecular weight excluding hydrogens is 158 g/mol. The van der Waals surface area contributed by atoms with E-state index in [0.717, 1.165) is 4.90 Å².